The molecule has 1 fully saturated rings. The van der Waals surface area contributed by atoms with Crippen molar-refractivity contribution in [1.29, 1.82) is 0 Å². The molecule has 0 radical (unpaired) electrons. The average Bonchev–Trinajstić information content (AvgIpc) is 2.39. The van der Waals surface area contributed by atoms with Gasteiger partial charge in [0.05, 0.1) is 0 Å². The van der Waals surface area contributed by atoms with Gasteiger partial charge in [-0.15, -0.1) is 0 Å². The van der Waals surface area contributed by atoms with Crippen LogP contribution in [0, 0.1) is 5.92 Å². The van der Waals surface area contributed by atoms with Crippen LogP contribution < -0.4 is 5.32 Å². The number of likely N-dealkylation sites (N-methyl/N-ethyl adjacent to an activating group) is 1. The van der Waals surface area contributed by atoms with Gasteiger partial charge in [0.15, 0.2) is 0 Å². The van der Waals surface area contributed by atoms with Crippen molar-refractivity contribution in [3.63, 3.8) is 0 Å². The molecule has 1 unspecified atom stereocenters. The Morgan fingerprint density at radius 1 is 1.24 bits per heavy atom. The summed E-state index contributed by atoms with van der Waals surface area (Å²) in [6.07, 6.45) is 8.00. The van der Waals surface area contributed by atoms with Crippen LogP contribution in [-0.2, 0) is 6.42 Å². The second-order valence-electron chi connectivity index (χ2n) is 5.09. The first-order valence-electron chi connectivity index (χ1n) is 6.72. The number of hydrogen-bond acceptors (Lipinski definition) is 1. The van der Waals surface area contributed by atoms with Crippen LogP contribution in [0.5, 0.6) is 0 Å². The molecule has 0 bridgehead atoms. The number of hydrogen-bond donors (Lipinski definition) is 1. The van der Waals surface area contributed by atoms with E-state index in [-0.39, 0.29) is 0 Å². The van der Waals surface area contributed by atoms with Gasteiger partial charge in [0.2, 0.25) is 0 Å². The Morgan fingerprint density at radius 2 is 1.94 bits per heavy atom. The number of benzene rings is 1. The molecular formula is C15H22ClN. The van der Waals surface area contributed by atoms with E-state index in [4.69, 9.17) is 11.6 Å². The molecule has 1 atom stereocenters. The van der Waals surface area contributed by atoms with Crippen LogP contribution in [0.3, 0.4) is 0 Å². The van der Waals surface area contributed by atoms with Gasteiger partial charge in [0.1, 0.15) is 0 Å². The van der Waals surface area contributed by atoms with Gasteiger partial charge in [-0.05, 0) is 43.9 Å². The summed E-state index contributed by atoms with van der Waals surface area (Å²) in [6.45, 7) is 0. The van der Waals surface area contributed by atoms with E-state index in [1.165, 1.54) is 37.7 Å². The molecule has 0 aliphatic heterocycles. The standard InChI is InChI=1S/C15H22ClN/c1-17-15(12-7-3-2-4-8-12)11-13-9-5-6-10-14(13)16/h5-6,9-10,12,15,17H,2-4,7-8,11H2,1H3. The van der Waals surface area contributed by atoms with Crippen molar-refractivity contribution in [2.75, 3.05) is 7.05 Å². The summed E-state index contributed by atoms with van der Waals surface area (Å²) >= 11 is 6.24. The molecule has 1 saturated carbocycles. The molecule has 0 saturated heterocycles. The fourth-order valence-corrected chi connectivity index (χ4v) is 3.15. The molecule has 0 spiro atoms. The van der Waals surface area contributed by atoms with E-state index >= 15 is 0 Å². The lowest BCUT2D eigenvalue weighted by Gasteiger charge is -2.30. The highest BCUT2D eigenvalue weighted by Crippen LogP contribution is 2.29. The van der Waals surface area contributed by atoms with E-state index in [2.05, 4.69) is 24.5 Å². The van der Waals surface area contributed by atoms with Gasteiger partial charge in [-0.3, -0.25) is 0 Å². The Hall–Kier alpha value is -0.530. The Kier molecular flexibility index (Phi) is 4.87. The third kappa shape index (κ3) is 3.46. The number of nitrogens with one attached hydrogen (secondary N) is 1. The molecule has 1 nitrogen and oxygen atoms in total. The van der Waals surface area contributed by atoms with Gasteiger partial charge >= 0.3 is 0 Å². The number of rotatable bonds is 4. The summed E-state index contributed by atoms with van der Waals surface area (Å²) in [7, 11) is 2.08. The average molecular weight is 252 g/mol. The van der Waals surface area contributed by atoms with Gasteiger partial charge in [0.25, 0.3) is 0 Å². The van der Waals surface area contributed by atoms with E-state index in [1.54, 1.807) is 0 Å². The quantitative estimate of drug-likeness (QED) is 0.851. The molecule has 1 aromatic carbocycles. The van der Waals surface area contributed by atoms with Crippen LogP contribution in [0.1, 0.15) is 37.7 Å². The molecule has 1 aromatic rings. The summed E-state index contributed by atoms with van der Waals surface area (Å²) in [4.78, 5) is 0. The van der Waals surface area contributed by atoms with Crippen molar-refractivity contribution in [3.05, 3.63) is 34.9 Å². The molecule has 94 valence electrons. The Morgan fingerprint density at radius 3 is 2.59 bits per heavy atom. The van der Waals surface area contributed by atoms with Crippen molar-refractivity contribution in [3.8, 4) is 0 Å². The molecule has 1 N–H and O–H groups in total. The zero-order valence-corrected chi connectivity index (χ0v) is 11.3. The fourth-order valence-electron chi connectivity index (χ4n) is 2.94. The first kappa shape index (κ1) is 12.9. The summed E-state index contributed by atoms with van der Waals surface area (Å²) in [6, 6.07) is 8.80. The van der Waals surface area contributed by atoms with Gasteiger partial charge in [0, 0.05) is 11.1 Å². The van der Waals surface area contributed by atoms with E-state index in [9.17, 15) is 0 Å². The largest absolute Gasteiger partial charge is 0.316 e. The smallest absolute Gasteiger partial charge is 0.0438 e. The van der Waals surface area contributed by atoms with E-state index < -0.39 is 0 Å². The zero-order chi connectivity index (χ0) is 12.1. The molecular weight excluding hydrogens is 230 g/mol. The minimum Gasteiger partial charge on any atom is -0.316 e. The monoisotopic (exact) mass is 251 g/mol. The highest BCUT2D eigenvalue weighted by molar-refractivity contribution is 6.31. The normalized spacial score (nSPS) is 19.2. The molecule has 0 amide bonds. The maximum absolute atomic E-state index is 6.24. The predicted octanol–water partition coefficient (Wildman–Crippen LogP) is 4.05. The lowest BCUT2D eigenvalue weighted by molar-refractivity contribution is 0.277. The third-order valence-corrected chi connectivity index (χ3v) is 4.36. The van der Waals surface area contributed by atoms with E-state index in [0.29, 0.717) is 6.04 Å². The molecule has 2 rings (SSSR count). The topological polar surface area (TPSA) is 12.0 Å². The maximum atomic E-state index is 6.24. The van der Waals surface area contributed by atoms with Gasteiger partial charge in [-0.2, -0.15) is 0 Å². The van der Waals surface area contributed by atoms with Crippen molar-refractivity contribution < 1.29 is 0 Å². The highest BCUT2D eigenvalue weighted by Gasteiger charge is 2.22. The van der Waals surface area contributed by atoms with Crippen LogP contribution in [0.15, 0.2) is 24.3 Å². The molecule has 17 heavy (non-hydrogen) atoms. The third-order valence-electron chi connectivity index (χ3n) is 3.99. The predicted molar refractivity (Wildman–Crippen MR) is 74.6 cm³/mol. The van der Waals surface area contributed by atoms with Gasteiger partial charge < -0.3 is 5.32 Å². The van der Waals surface area contributed by atoms with Crippen LogP contribution >= 0.6 is 11.6 Å². The van der Waals surface area contributed by atoms with Crippen molar-refractivity contribution in [2.24, 2.45) is 5.92 Å². The molecule has 0 heterocycles. The molecule has 1 aliphatic carbocycles. The van der Waals surface area contributed by atoms with Crippen molar-refractivity contribution in [2.45, 2.75) is 44.6 Å². The van der Waals surface area contributed by atoms with Crippen LogP contribution in [-0.4, -0.2) is 13.1 Å². The second kappa shape index (κ2) is 6.42. The van der Waals surface area contributed by atoms with Crippen LogP contribution in [0.2, 0.25) is 5.02 Å². The zero-order valence-electron chi connectivity index (χ0n) is 10.6. The summed E-state index contributed by atoms with van der Waals surface area (Å²) in [5.74, 6) is 0.824. The first-order chi connectivity index (χ1) is 8.31. The van der Waals surface area contributed by atoms with Crippen LogP contribution in [0.25, 0.3) is 0 Å². The van der Waals surface area contributed by atoms with E-state index in [0.717, 1.165) is 17.4 Å². The van der Waals surface area contributed by atoms with Gasteiger partial charge in [-0.25, -0.2) is 0 Å². The SMILES string of the molecule is CNC(Cc1ccccc1Cl)C1CCCCC1. The lowest BCUT2D eigenvalue weighted by atomic mass is 9.81. The van der Waals surface area contributed by atoms with Crippen LogP contribution in [0.4, 0.5) is 0 Å². The number of halogens is 1. The van der Waals surface area contributed by atoms with Crippen molar-refractivity contribution in [1.82, 2.24) is 5.32 Å². The van der Waals surface area contributed by atoms with Gasteiger partial charge in [-0.1, -0.05) is 49.1 Å². The summed E-state index contributed by atoms with van der Waals surface area (Å²) in [5.41, 5.74) is 1.28. The minimum atomic E-state index is 0.579. The first-order valence-corrected chi connectivity index (χ1v) is 7.09. The lowest BCUT2D eigenvalue weighted by Crippen LogP contribution is -2.36. The maximum Gasteiger partial charge on any atom is 0.0438 e. The second-order valence-corrected chi connectivity index (χ2v) is 5.50. The fraction of sp³-hybridized carbons (Fsp3) is 0.600. The van der Waals surface area contributed by atoms with Crippen molar-refractivity contribution >= 4 is 11.6 Å². The van der Waals surface area contributed by atoms with E-state index in [1.807, 2.05) is 12.1 Å². The Labute approximate surface area is 110 Å². The molecule has 0 aromatic heterocycles. The molecule has 1 aliphatic rings. The minimum absolute atomic E-state index is 0.579. The Bertz CT molecular complexity index is 345. The molecule has 2 heteroatoms. The Balaban J connectivity index is 2.01. The summed E-state index contributed by atoms with van der Waals surface area (Å²) in [5, 5.41) is 4.39. The summed E-state index contributed by atoms with van der Waals surface area (Å²) < 4.78 is 0. The highest BCUT2D eigenvalue weighted by atomic mass is 35.5.